The van der Waals surface area contributed by atoms with Gasteiger partial charge in [-0.1, -0.05) is 43.7 Å². The Morgan fingerprint density at radius 2 is 1.59 bits per heavy atom. The van der Waals surface area contributed by atoms with E-state index < -0.39 is 12.0 Å². The van der Waals surface area contributed by atoms with Crippen molar-refractivity contribution in [2.45, 2.75) is 53.0 Å². The highest BCUT2D eigenvalue weighted by Crippen LogP contribution is 2.04. The Bertz CT molecular complexity index is 602. The molecule has 0 aliphatic rings. The SMILES string of the molecule is CCCCN(C(C)=O)C(C)=O.COC(=O)C(Cc1ccccc1)NC(C)=O. The van der Waals surface area contributed by atoms with E-state index in [4.69, 9.17) is 0 Å². The lowest BCUT2D eigenvalue weighted by Crippen LogP contribution is -2.41. The molecular formula is C20H30N2O5. The van der Waals surface area contributed by atoms with Gasteiger partial charge in [0.15, 0.2) is 0 Å². The highest BCUT2D eigenvalue weighted by Gasteiger charge is 2.20. The lowest BCUT2D eigenvalue weighted by Gasteiger charge is -2.15. The van der Waals surface area contributed by atoms with E-state index in [1.165, 1.54) is 32.8 Å². The molecule has 1 aromatic rings. The highest BCUT2D eigenvalue weighted by atomic mass is 16.5. The predicted octanol–water partition coefficient (Wildman–Crippen LogP) is 2.09. The normalized spacial score (nSPS) is 10.7. The van der Waals surface area contributed by atoms with Crippen LogP contribution in [0.25, 0.3) is 0 Å². The lowest BCUT2D eigenvalue weighted by molar-refractivity contribution is -0.145. The Hall–Kier alpha value is -2.70. The van der Waals surface area contributed by atoms with Crippen LogP contribution in [0.1, 0.15) is 46.1 Å². The largest absolute Gasteiger partial charge is 0.467 e. The van der Waals surface area contributed by atoms with Crippen molar-refractivity contribution < 1.29 is 23.9 Å². The minimum atomic E-state index is -0.620. The zero-order chi connectivity index (χ0) is 20.8. The predicted molar refractivity (Wildman–Crippen MR) is 103 cm³/mol. The quantitative estimate of drug-likeness (QED) is 0.734. The molecule has 0 saturated carbocycles. The maximum Gasteiger partial charge on any atom is 0.328 e. The molecule has 1 unspecified atom stereocenters. The molecule has 3 amide bonds. The summed E-state index contributed by atoms with van der Waals surface area (Å²) in [4.78, 5) is 45.2. The minimum absolute atomic E-state index is 0.161. The molecular weight excluding hydrogens is 348 g/mol. The van der Waals surface area contributed by atoms with Crippen molar-refractivity contribution in [2.75, 3.05) is 13.7 Å². The van der Waals surface area contributed by atoms with Gasteiger partial charge in [-0.15, -0.1) is 0 Å². The monoisotopic (exact) mass is 378 g/mol. The molecule has 0 bridgehead atoms. The number of rotatable bonds is 7. The average molecular weight is 378 g/mol. The molecule has 0 radical (unpaired) electrons. The van der Waals surface area contributed by atoms with Crippen LogP contribution >= 0.6 is 0 Å². The first-order chi connectivity index (χ1) is 12.7. The molecule has 150 valence electrons. The molecule has 7 heteroatoms. The summed E-state index contributed by atoms with van der Waals surface area (Å²) in [6.45, 7) is 6.79. The van der Waals surface area contributed by atoms with Crippen LogP contribution in [0.15, 0.2) is 30.3 Å². The van der Waals surface area contributed by atoms with Gasteiger partial charge in [0.2, 0.25) is 17.7 Å². The Labute approximate surface area is 161 Å². The van der Waals surface area contributed by atoms with Gasteiger partial charge in [0.25, 0.3) is 0 Å². The molecule has 1 N–H and O–H groups in total. The first kappa shape index (κ1) is 24.3. The van der Waals surface area contributed by atoms with Crippen molar-refractivity contribution in [3.8, 4) is 0 Å². The third kappa shape index (κ3) is 10.8. The summed E-state index contributed by atoms with van der Waals surface area (Å²) >= 11 is 0. The van der Waals surface area contributed by atoms with Crippen LogP contribution in [0.3, 0.4) is 0 Å². The summed E-state index contributed by atoms with van der Waals surface area (Å²) in [5.41, 5.74) is 0.978. The van der Waals surface area contributed by atoms with Gasteiger partial charge >= 0.3 is 5.97 Å². The molecule has 27 heavy (non-hydrogen) atoms. The van der Waals surface area contributed by atoms with Crippen molar-refractivity contribution in [1.82, 2.24) is 10.2 Å². The number of ether oxygens (including phenoxy) is 1. The number of methoxy groups -OCH3 is 1. The molecule has 0 spiro atoms. The van der Waals surface area contributed by atoms with Gasteiger partial charge in [-0.2, -0.15) is 0 Å². The second kappa shape index (κ2) is 13.5. The first-order valence-electron chi connectivity index (χ1n) is 8.90. The lowest BCUT2D eigenvalue weighted by atomic mass is 10.1. The summed E-state index contributed by atoms with van der Waals surface area (Å²) in [6, 6.07) is 8.85. The van der Waals surface area contributed by atoms with Gasteiger partial charge in [-0.3, -0.25) is 19.3 Å². The molecule has 0 saturated heterocycles. The number of amides is 3. The van der Waals surface area contributed by atoms with Crippen molar-refractivity contribution >= 4 is 23.7 Å². The number of benzene rings is 1. The molecule has 1 atom stereocenters. The zero-order valence-electron chi connectivity index (χ0n) is 16.8. The minimum Gasteiger partial charge on any atom is -0.467 e. The van der Waals surface area contributed by atoms with Gasteiger partial charge in [-0.05, 0) is 12.0 Å². The molecule has 0 heterocycles. The van der Waals surface area contributed by atoms with Gasteiger partial charge in [0.1, 0.15) is 6.04 Å². The van der Waals surface area contributed by atoms with Gasteiger partial charge < -0.3 is 10.1 Å². The zero-order valence-corrected chi connectivity index (χ0v) is 16.8. The Morgan fingerprint density at radius 3 is 2.00 bits per heavy atom. The summed E-state index contributed by atoms with van der Waals surface area (Å²) in [5.74, 6) is -0.998. The summed E-state index contributed by atoms with van der Waals surface area (Å²) in [7, 11) is 1.31. The van der Waals surface area contributed by atoms with E-state index in [-0.39, 0.29) is 17.7 Å². The smallest absolute Gasteiger partial charge is 0.328 e. The number of nitrogens with zero attached hydrogens (tertiary/aromatic N) is 1. The van der Waals surface area contributed by atoms with Gasteiger partial charge in [0.05, 0.1) is 7.11 Å². The third-order valence-corrected chi connectivity index (χ3v) is 3.64. The maximum absolute atomic E-state index is 11.4. The Kier molecular flexibility index (Phi) is 12.1. The third-order valence-electron chi connectivity index (χ3n) is 3.64. The molecule has 7 nitrogen and oxygen atoms in total. The van der Waals surface area contributed by atoms with Crippen LogP contribution in [0, 0.1) is 0 Å². The van der Waals surface area contributed by atoms with Crippen molar-refractivity contribution in [3.05, 3.63) is 35.9 Å². The number of unbranched alkanes of at least 4 members (excludes halogenated alkanes) is 1. The van der Waals surface area contributed by atoms with E-state index in [0.29, 0.717) is 13.0 Å². The van der Waals surface area contributed by atoms with Crippen molar-refractivity contribution in [2.24, 2.45) is 0 Å². The summed E-state index contributed by atoms with van der Waals surface area (Å²) in [6.07, 6.45) is 2.32. The number of nitrogens with one attached hydrogen (secondary N) is 1. The van der Waals surface area contributed by atoms with Crippen molar-refractivity contribution in [1.29, 1.82) is 0 Å². The van der Waals surface area contributed by atoms with Crippen LogP contribution in [0.5, 0.6) is 0 Å². The fourth-order valence-corrected chi connectivity index (χ4v) is 2.28. The first-order valence-corrected chi connectivity index (χ1v) is 8.90. The van der Waals surface area contributed by atoms with Crippen LogP contribution in [0.4, 0.5) is 0 Å². The molecule has 0 fully saturated rings. The second-order valence-electron chi connectivity index (χ2n) is 6.01. The molecule has 0 aliphatic heterocycles. The molecule has 0 aromatic heterocycles. The number of carbonyl (C=O) groups excluding carboxylic acids is 4. The van der Waals surface area contributed by atoms with Gasteiger partial charge in [-0.25, -0.2) is 4.79 Å². The number of esters is 1. The van der Waals surface area contributed by atoms with E-state index in [1.54, 1.807) is 0 Å². The topological polar surface area (TPSA) is 92.8 Å². The fourth-order valence-electron chi connectivity index (χ4n) is 2.28. The van der Waals surface area contributed by atoms with Crippen molar-refractivity contribution in [3.63, 3.8) is 0 Å². The second-order valence-corrected chi connectivity index (χ2v) is 6.01. The highest BCUT2D eigenvalue weighted by molar-refractivity contribution is 5.92. The number of hydrogen-bond acceptors (Lipinski definition) is 5. The molecule has 1 aromatic carbocycles. The van der Waals surface area contributed by atoms with Crippen LogP contribution in [0.2, 0.25) is 0 Å². The number of carbonyl (C=O) groups is 4. The van der Waals surface area contributed by atoms with Crippen LogP contribution in [-0.4, -0.2) is 48.3 Å². The van der Waals surface area contributed by atoms with E-state index in [9.17, 15) is 19.2 Å². The Morgan fingerprint density at radius 1 is 1.04 bits per heavy atom. The molecule has 1 rings (SSSR count). The van der Waals surface area contributed by atoms with Crippen LogP contribution < -0.4 is 5.32 Å². The Balaban J connectivity index is 0.000000541. The van der Waals surface area contributed by atoms with E-state index in [1.807, 2.05) is 37.3 Å². The summed E-state index contributed by atoms with van der Waals surface area (Å²) in [5, 5.41) is 2.57. The number of imide groups is 1. The molecule has 0 aliphatic carbocycles. The average Bonchev–Trinajstić information content (AvgIpc) is 2.61. The van der Waals surface area contributed by atoms with E-state index >= 15 is 0 Å². The fraction of sp³-hybridized carbons (Fsp3) is 0.500. The van der Waals surface area contributed by atoms with Crippen LogP contribution in [-0.2, 0) is 30.3 Å². The number of hydrogen-bond donors (Lipinski definition) is 1. The van der Waals surface area contributed by atoms with E-state index in [2.05, 4.69) is 10.1 Å². The standard InChI is InChI=1S/C12H15NO3.C8H15NO2/c1-9(14)13-11(12(15)16-2)8-10-6-4-3-5-7-10;1-4-5-6-9(7(2)10)8(3)11/h3-7,11H,8H2,1-2H3,(H,13,14);4-6H2,1-3H3. The van der Waals surface area contributed by atoms with Gasteiger partial charge in [0, 0.05) is 33.7 Å². The summed E-state index contributed by atoms with van der Waals surface area (Å²) < 4.78 is 4.63. The van der Waals surface area contributed by atoms with E-state index in [0.717, 1.165) is 18.4 Å². The maximum atomic E-state index is 11.4.